The summed E-state index contributed by atoms with van der Waals surface area (Å²) in [5, 5.41) is 4.02. The van der Waals surface area contributed by atoms with Crippen LogP contribution in [-0.2, 0) is 11.3 Å². The molecule has 1 rings (SSSR count). The van der Waals surface area contributed by atoms with E-state index in [9.17, 15) is 4.79 Å². The Kier molecular flexibility index (Phi) is 5.02. The van der Waals surface area contributed by atoms with Crippen molar-refractivity contribution < 1.29 is 4.79 Å². The topological polar surface area (TPSA) is 81.1 Å². The fraction of sp³-hybridized carbons (Fsp3) is 0.300. The first-order valence-corrected chi connectivity index (χ1v) is 5.46. The van der Waals surface area contributed by atoms with Gasteiger partial charge < -0.3 is 16.8 Å². The summed E-state index contributed by atoms with van der Waals surface area (Å²) in [6.07, 6.45) is 0. The summed E-state index contributed by atoms with van der Waals surface area (Å²) in [4.78, 5) is 10.9. The first-order valence-electron chi connectivity index (χ1n) is 4.70. The summed E-state index contributed by atoms with van der Waals surface area (Å²) in [6, 6.07) is 4.61. The number of hydrogen-bond donors (Lipinski definition) is 3. The van der Waals surface area contributed by atoms with Crippen LogP contribution in [0.5, 0.6) is 0 Å². The van der Waals surface area contributed by atoms with E-state index in [4.69, 9.17) is 34.7 Å². The van der Waals surface area contributed by atoms with Gasteiger partial charge in [0.25, 0.3) is 0 Å². The maximum Gasteiger partial charge on any atom is 0.235 e. The molecule has 1 atom stereocenters. The van der Waals surface area contributed by atoms with Crippen LogP contribution in [0.25, 0.3) is 0 Å². The number of hydrogen-bond acceptors (Lipinski definition) is 3. The monoisotopic (exact) mass is 261 g/mol. The van der Waals surface area contributed by atoms with E-state index < -0.39 is 11.9 Å². The van der Waals surface area contributed by atoms with Crippen LogP contribution in [-0.4, -0.2) is 18.5 Å². The third-order valence-electron chi connectivity index (χ3n) is 2.05. The van der Waals surface area contributed by atoms with Gasteiger partial charge in [0, 0.05) is 23.1 Å². The van der Waals surface area contributed by atoms with Gasteiger partial charge in [-0.05, 0) is 23.8 Å². The van der Waals surface area contributed by atoms with E-state index >= 15 is 0 Å². The van der Waals surface area contributed by atoms with Crippen molar-refractivity contribution in [3.63, 3.8) is 0 Å². The number of primary amides is 1. The van der Waals surface area contributed by atoms with Crippen molar-refractivity contribution in [2.75, 3.05) is 6.54 Å². The molecule has 0 bridgehead atoms. The number of carbonyl (C=O) groups excluding carboxylic acids is 1. The van der Waals surface area contributed by atoms with Crippen LogP contribution in [0.3, 0.4) is 0 Å². The quantitative estimate of drug-likeness (QED) is 0.737. The predicted molar refractivity (Wildman–Crippen MR) is 65.3 cm³/mol. The van der Waals surface area contributed by atoms with Crippen LogP contribution in [0, 0.1) is 0 Å². The Bertz CT molecular complexity index is 364. The fourth-order valence-corrected chi connectivity index (χ4v) is 1.83. The highest BCUT2D eigenvalue weighted by Crippen LogP contribution is 2.18. The molecule has 1 unspecified atom stereocenters. The van der Waals surface area contributed by atoms with Crippen LogP contribution < -0.4 is 16.8 Å². The molecule has 6 heteroatoms. The summed E-state index contributed by atoms with van der Waals surface area (Å²) < 4.78 is 0. The molecule has 0 saturated carbocycles. The van der Waals surface area contributed by atoms with Crippen molar-refractivity contribution in [3.05, 3.63) is 33.8 Å². The SMILES string of the molecule is NCC(NCc1cc(Cl)cc(Cl)c1)C(N)=O. The number of rotatable bonds is 5. The fourth-order valence-electron chi connectivity index (χ4n) is 1.25. The smallest absolute Gasteiger partial charge is 0.235 e. The Balaban J connectivity index is 2.63. The van der Waals surface area contributed by atoms with Gasteiger partial charge in [0.15, 0.2) is 0 Å². The molecule has 1 aromatic carbocycles. The average molecular weight is 262 g/mol. The number of carbonyl (C=O) groups is 1. The lowest BCUT2D eigenvalue weighted by Crippen LogP contribution is -2.46. The summed E-state index contributed by atoms with van der Waals surface area (Å²) in [5.41, 5.74) is 11.4. The molecule has 0 spiro atoms. The van der Waals surface area contributed by atoms with Crippen molar-refractivity contribution >= 4 is 29.1 Å². The van der Waals surface area contributed by atoms with Crippen molar-refractivity contribution in [2.24, 2.45) is 11.5 Å². The van der Waals surface area contributed by atoms with Gasteiger partial charge in [0.1, 0.15) is 0 Å². The Hall–Kier alpha value is -0.810. The first-order chi connectivity index (χ1) is 7.52. The number of halogens is 2. The molecule has 0 heterocycles. The zero-order chi connectivity index (χ0) is 12.1. The summed E-state index contributed by atoms with van der Waals surface area (Å²) in [5.74, 6) is -0.476. The van der Waals surface area contributed by atoms with Crippen LogP contribution >= 0.6 is 23.2 Å². The zero-order valence-electron chi connectivity index (χ0n) is 8.54. The minimum absolute atomic E-state index is 0.156. The van der Waals surface area contributed by atoms with E-state index in [1.807, 2.05) is 0 Å². The summed E-state index contributed by atoms with van der Waals surface area (Å²) in [6.45, 7) is 0.592. The normalized spacial score (nSPS) is 12.4. The summed E-state index contributed by atoms with van der Waals surface area (Å²) in [7, 11) is 0. The van der Waals surface area contributed by atoms with Gasteiger partial charge in [-0.15, -0.1) is 0 Å². The van der Waals surface area contributed by atoms with E-state index in [1.54, 1.807) is 18.2 Å². The lowest BCUT2D eigenvalue weighted by molar-refractivity contribution is -0.119. The van der Waals surface area contributed by atoms with Gasteiger partial charge in [-0.1, -0.05) is 23.2 Å². The van der Waals surface area contributed by atoms with Gasteiger partial charge in [-0.3, -0.25) is 4.79 Å². The standard InChI is InChI=1S/C10H13Cl2N3O/c11-7-1-6(2-8(12)3-7)5-15-9(4-13)10(14)16/h1-3,9,15H,4-5,13H2,(H2,14,16). The second-order valence-electron chi connectivity index (χ2n) is 3.35. The minimum Gasteiger partial charge on any atom is -0.368 e. The van der Waals surface area contributed by atoms with E-state index in [0.29, 0.717) is 16.6 Å². The molecule has 5 N–H and O–H groups in total. The molecule has 0 fully saturated rings. The molecule has 0 aliphatic carbocycles. The van der Waals surface area contributed by atoms with E-state index in [0.717, 1.165) is 5.56 Å². The molecule has 1 aromatic rings. The average Bonchev–Trinajstić information content (AvgIpc) is 2.16. The molecule has 16 heavy (non-hydrogen) atoms. The lowest BCUT2D eigenvalue weighted by atomic mass is 10.2. The van der Waals surface area contributed by atoms with Gasteiger partial charge in [0.2, 0.25) is 5.91 Å². The van der Waals surface area contributed by atoms with Crippen LogP contribution in [0.2, 0.25) is 10.0 Å². The molecule has 4 nitrogen and oxygen atoms in total. The Morgan fingerprint density at radius 3 is 2.31 bits per heavy atom. The highest BCUT2D eigenvalue weighted by molar-refractivity contribution is 6.34. The third kappa shape index (κ3) is 3.98. The lowest BCUT2D eigenvalue weighted by Gasteiger charge is -2.13. The molecule has 0 saturated heterocycles. The second kappa shape index (κ2) is 6.06. The zero-order valence-corrected chi connectivity index (χ0v) is 10.1. The highest BCUT2D eigenvalue weighted by atomic mass is 35.5. The van der Waals surface area contributed by atoms with Crippen LogP contribution in [0.4, 0.5) is 0 Å². The Morgan fingerprint density at radius 2 is 1.88 bits per heavy atom. The molecule has 0 aromatic heterocycles. The maximum absolute atomic E-state index is 10.9. The van der Waals surface area contributed by atoms with Gasteiger partial charge >= 0.3 is 0 Å². The number of benzene rings is 1. The molecule has 0 radical (unpaired) electrons. The molecular formula is C10H13Cl2N3O. The third-order valence-corrected chi connectivity index (χ3v) is 2.49. The number of nitrogens with one attached hydrogen (secondary N) is 1. The number of amides is 1. The summed E-state index contributed by atoms with van der Waals surface area (Å²) >= 11 is 11.7. The molecular weight excluding hydrogens is 249 g/mol. The molecule has 88 valence electrons. The Morgan fingerprint density at radius 1 is 1.31 bits per heavy atom. The van der Waals surface area contributed by atoms with Crippen LogP contribution in [0.1, 0.15) is 5.56 Å². The largest absolute Gasteiger partial charge is 0.368 e. The molecule has 0 aliphatic rings. The maximum atomic E-state index is 10.9. The van der Waals surface area contributed by atoms with Crippen molar-refractivity contribution in [1.82, 2.24) is 5.32 Å². The van der Waals surface area contributed by atoms with Gasteiger partial charge in [-0.2, -0.15) is 0 Å². The van der Waals surface area contributed by atoms with Gasteiger partial charge in [-0.25, -0.2) is 0 Å². The van der Waals surface area contributed by atoms with E-state index in [-0.39, 0.29) is 6.54 Å². The minimum atomic E-state index is -0.544. The van der Waals surface area contributed by atoms with Crippen molar-refractivity contribution in [1.29, 1.82) is 0 Å². The van der Waals surface area contributed by atoms with Crippen molar-refractivity contribution in [3.8, 4) is 0 Å². The van der Waals surface area contributed by atoms with Crippen molar-refractivity contribution in [2.45, 2.75) is 12.6 Å². The van der Waals surface area contributed by atoms with Gasteiger partial charge in [0.05, 0.1) is 6.04 Å². The Labute approximate surface area is 104 Å². The predicted octanol–water partition coefficient (Wildman–Crippen LogP) is 0.896. The highest BCUT2D eigenvalue weighted by Gasteiger charge is 2.11. The van der Waals surface area contributed by atoms with E-state index in [1.165, 1.54) is 0 Å². The number of nitrogens with two attached hydrogens (primary N) is 2. The van der Waals surface area contributed by atoms with Crippen LogP contribution in [0.15, 0.2) is 18.2 Å². The molecule has 1 amide bonds. The molecule has 0 aliphatic heterocycles. The first kappa shape index (κ1) is 13.3. The second-order valence-corrected chi connectivity index (χ2v) is 4.22. The van der Waals surface area contributed by atoms with E-state index in [2.05, 4.69) is 5.32 Å².